The number of hydrogen-bond acceptors (Lipinski definition) is 24. The van der Waals surface area contributed by atoms with Crippen LogP contribution in [0.15, 0.2) is 268 Å². The maximum atomic E-state index is 13.4. The molecule has 0 saturated carbocycles. The van der Waals surface area contributed by atoms with Crippen LogP contribution in [0.1, 0.15) is 50.7 Å². The Morgan fingerprint density at radius 1 is 0.364 bits per heavy atom. The molecule has 30 heteroatoms. The van der Waals surface area contributed by atoms with Crippen molar-refractivity contribution in [2.24, 2.45) is 33.9 Å². The molecular formula is C102H77FN20O9. The fourth-order valence-electron chi connectivity index (χ4n) is 15.4. The van der Waals surface area contributed by atoms with Gasteiger partial charge in [-0.25, -0.2) is 4.39 Å². The molecule has 0 aliphatic carbocycles. The summed E-state index contributed by atoms with van der Waals surface area (Å²) in [5.74, 6) is 3.12. The Hall–Kier alpha value is -18.3. The van der Waals surface area contributed by atoms with Crippen LogP contribution in [-0.2, 0) is 52.8 Å². The SMILES string of the molecule is COc1cc2ncc3c(c(-c4ccc(C#N)cc4)nn3C)c2cc1OCc1ccccn1.COc1cc2ncc3c(c(-c4ccc(C#N)cc4)nn3C)c2cc1OCc1cccnc1.COc1cc2ncc3c(c(-c4ccc(C#N)cc4)nn3C)c2cc1OCc1ccncc1.COc1cc2ncc3c(c(-c4ccc(C#N)cc4)nn3C)c2cc1O[C@H](C(N)=O)c1ccc(F)cc1. The van der Waals surface area contributed by atoms with Crippen LogP contribution in [0.4, 0.5) is 4.39 Å². The smallest absolute Gasteiger partial charge is 0.263 e. The van der Waals surface area contributed by atoms with E-state index in [4.69, 9.17) is 85.1 Å². The lowest BCUT2D eigenvalue weighted by Crippen LogP contribution is -2.26. The highest BCUT2D eigenvalue weighted by Gasteiger charge is 2.27. The van der Waals surface area contributed by atoms with Crippen molar-refractivity contribution in [3.05, 3.63) is 319 Å². The average Bonchev–Trinajstić information content (AvgIpc) is 1.62. The molecule has 1 atom stereocenters. The first-order chi connectivity index (χ1) is 64.4. The molecule has 0 fully saturated rings. The summed E-state index contributed by atoms with van der Waals surface area (Å²) in [6.45, 7) is 1.08. The number of carbonyl (C=O) groups is 1. The molecule has 646 valence electrons. The van der Waals surface area contributed by atoms with Crippen molar-refractivity contribution < 1.29 is 47.1 Å². The highest BCUT2D eigenvalue weighted by Crippen LogP contribution is 2.45. The van der Waals surface area contributed by atoms with Gasteiger partial charge in [0.25, 0.3) is 5.91 Å². The Morgan fingerprint density at radius 2 is 0.712 bits per heavy atom. The fourth-order valence-corrected chi connectivity index (χ4v) is 15.4. The summed E-state index contributed by atoms with van der Waals surface area (Å²) in [4.78, 5) is 43.2. The molecule has 2 N–H and O–H groups in total. The van der Waals surface area contributed by atoms with Gasteiger partial charge in [-0.1, -0.05) is 72.8 Å². The molecule has 1 amide bonds. The largest absolute Gasteiger partial charge is 0.493 e. The minimum Gasteiger partial charge on any atom is -0.493 e. The van der Waals surface area contributed by atoms with E-state index in [9.17, 15) is 9.18 Å². The second-order valence-electron chi connectivity index (χ2n) is 30.2. The van der Waals surface area contributed by atoms with Gasteiger partial charge in [0.1, 0.15) is 48.4 Å². The van der Waals surface area contributed by atoms with Gasteiger partial charge in [0, 0.05) is 160 Å². The molecule has 9 aromatic carbocycles. The summed E-state index contributed by atoms with van der Waals surface area (Å²) in [6, 6.07) is 71.7. The number of rotatable bonds is 21. The summed E-state index contributed by atoms with van der Waals surface area (Å²) in [5.41, 5.74) is 24.4. The van der Waals surface area contributed by atoms with Crippen LogP contribution in [0.2, 0.25) is 0 Å². The van der Waals surface area contributed by atoms with Gasteiger partial charge in [0.2, 0.25) is 6.10 Å². The number of methoxy groups -OCH3 is 4. The number of benzene rings is 9. The van der Waals surface area contributed by atoms with E-state index in [2.05, 4.69) is 59.2 Å². The lowest BCUT2D eigenvalue weighted by Gasteiger charge is -2.19. The van der Waals surface area contributed by atoms with Gasteiger partial charge in [0.15, 0.2) is 46.0 Å². The van der Waals surface area contributed by atoms with E-state index in [1.54, 1.807) is 124 Å². The molecule has 29 nitrogen and oxygen atoms in total. The van der Waals surface area contributed by atoms with E-state index in [-0.39, 0.29) is 5.75 Å². The third-order valence-corrected chi connectivity index (χ3v) is 22.1. The Bertz CT molecular complexity index is 7390. The number of nitrogens with two attached hydrogens (primary N) is 1. The summed E-state index contributed by atoms with van der Waals surface area (Å²) in [7, 11) is 13.8. The van der Waals surface area contributed by atoms with Gasteiger partial charge in [-0.15, -0.1) is 0 Å². The molecule has 0 radical (unpaired) electrons. The second-order valence-corrected chi connectivity index (χ2v) is 30.2. The highest BCUT2D eigenvalue weighted by atomic mass is 19.1. The molecule has 0 spiro atoms. The first-order valence-corrected chi connectivity index (χ1v) is 41.1. The number of pyridine rings is 7. The molecular weight excluding hydrogens is 1670 g/mol. The number of nitriles is 4. The molecule has 11 aromatic heterocycles. The number of nitrogens with zero attached hydrogens (tertiary/aromatic N) is 19. The van der Waals surface area contributed by atoms with Gasteiger partial charge < -0.3 is 43.6 Å². The Kier molecular flexibility index (Phi) is 24.6. The topological polar surface area (TPSA) is 374 Å². The fraction of sp³-hybridized carbons (Fsp3) is 0.118. The van der Waals surface area contributed by atoms with Crippen molar-refractivity contribution in [1.82, 2.24) is 74.0 Å². The standard InChI is InChI=1S/C27H20FN5O3.3C25H19N5O2/c1-33-21-14-31-20-12-22(35-2)23(36-26(27(30)34)17-7-9-18(28)10-8-17)11-19(20)24(21)25(32-33)16-5-3-15(13-29)4-6-16;1-30-21-14-28-20-12-22(31-2)23(32-15-17-7-9-27-10-8-17)11-19(20)24(21)25(29-30)18-5-3-16(13-26)4-6-18;1-30-21-14-28-20-11-22(31-2)23(32-15-17-4-3-9-27-13-17)10-19(20)24(21)25(29-30)18-7-5-16(12-26)6-8-18;1-30-21-14-28-20-12-22(31-2)23(32-15-18-5-3-4-10-27-18)11-19(20)24(21)25(29-30)17-8-6-16(13-26)7-9-17/h3-12,14,26H,1-2H3,(H2,30,34);3-12,14H,15H2,1-2H3;3-11,13-14H,15H2,1-2H3;3-12,14H,15H2,1-2H3/t26-;;;/m0.../s1. The Morgan fingerprint density at radius 3 is 1.04 bits per heavy atom. The van der Waals surface area contributed by atoms with Crippen LogP contribution in [0.5, 0.6) is 46.0 Å². The molecule has 0 aliphatic heterocycles. The Balaban J connectivity index is 0.000000123. The zero-order valence-corrected chi connectivity index (χ0v) is 72.2. The number of carbonyl (C=O) groups excluding carboxylic acids is 1. The van der Waals surface area contributed by atoms with E-state index in [0.717, 1.165) is 138 Å². The molecule has 20 aromatic rings. The summed E-state index contributed by atoms with van der Waals surface area (Å²) < 4.78 is 67.2. The predicted octanol–water partition coefficient (Wildman–Crippen LogP) is 18.3. The number of hydrogen-bond donors (Lipinski definition) is 1. The van der Waals surface area contributed by atoms with Crippen LogP contribution in [0, 0.1) is 51.1 Å². The van der Waals surface area contributed by atoms with E-state index >= 15 is 0 Å². The van der Waals surface area contributed by atoms with Gasteiger partial charge in [-0.3, -0.25) is 58.4 Å². The number of aromatic nitrogens is 15. The average molecular weight is 1750 g/mol. The number of ether oxygens (including phenoxy) is 8. The van der Waals surface area contributed by atoms with Crippen molar-refractivity contribution in [2.75, 3.05) is 28.4 Å². The zero-order chi connectivity index (χ0) is 91.6. The van der Waals surface area contributed by atoms with E-state index in [1.165, 1.54) is 31.4 Å². The van der Waals surface area contributed by atoms with Crippen molar-refractivity contribution >= 4 is 93.1 Å². The lowest BCUT2D eigenvalue weighted by molar-refractivity contribution is -0.125. The molecule has 0 bridgehead atoms. The van der Waals surface area contributed by atoms with Gasteiger partial charge in [-0.2, -0.15) is 41.4 Å². The van der Waals surface area contributed by atoms with Crippen LogP contribution >= 0.6 is 0 Å². The normalized spacial score (nSPS) is 11.2. The van der Waals surface area contributed by atoms with E-state index in [1.807, 2.05) is 188 Å². The van der Waals surface area contributed by atoms with Crippen molar-refractivity contribution in [3.63, 3.8) is 0 Å². The van der Waals surface area contributed by atoms with Crippen LogP contribution in [0.25, 0.3) is 132 Å². The minimum atomic E-state index is -1.17. The third-order valence-electron chi connectivity index (χ3n) is 22.1. The number of primary amides is 1. The van der Waals surface area contributed by atoms with Crippen LogP contribution in [0.3, 0.4) is 0 Å². The maximum Gasteiger partial charge on any atom is 0.263 e. The number of halogens is 1. The van der Waals surface area contributed by atoms with Gasteiger partial charge in [0.05, 0.1) is 150 Å². The molecule has 0 saturated heterocycles. The van der Waals surface area contributed by atoms with E-state index < -0.39 is 17.8 Å². The van der Waals surface area contributed by atoms with Gasteiger partial charge in [-0.05, 0) is 121 Å². The van der Waals surface area contributed by atoms with Crippen LogP contribution in [-0.4, -0.2) is 108 Å². The van der Waals surface area contributed by atoms with Crippen molar-refractivity contribution in [1.29, 1.82) is 21.0 Å². The zero-order valence-electron chi connectivity index (χ0n) is 72.2. The molecule has 132 heavy (non-hydrogen) atoms. The molecule has 20 rings (SSSR count). The molecule has 0 unspecified atom stereocenters. The number of amides is 1. The predicted molar refractivity (Wildman–Crippen MR) is 496 cm³/mol. The van der Waals surface area contributed by atoms with Crippen molar-refractivity contribution in [2.45, 2.75) is 25.9 Å². The minimum absolute atomic E-state index is 0.266. The maximum absolute atomic E-state index is 13.4. The summed E-state index contributed by atoms with van der Waals surface area (Å²) in [6.07, 6.45) is 14.7. The van der Waals surface area contributed by atoms with E-state index in [0.29, 0.717) is 99.1 Å². The third kappa shape index (κ3) is 17.6. The highest BCUT2D eigenvalue weighted by molar-refractivity contribution is 6.15. The van der Waals surface area contributed by atoms with Crippen LogP contribution < -0.4 is 43.6 Å². The van der Waals surface area contributed by atoms with Crippen molar-refractivity contribution in [3.8, 4) is 115 Å². The summed E-state index contributed by atoms with van der Waals surface area (Å²) in [5, 5.41) is 62.6. The monoisotopic (exact) mass is 1740 g/mol. The molecule has 0 aliphatic rings. The lowest BCUT2D eigenvalue weighted by atomic mass is 10.0. The first kappa shape index (κ1) is 85.9. The quantitative estimate of drug-likeness (QED) is 0.0698. The number of fused-ring (bicyclic) bond motifs is 12. The molecule has 11 heterocycles. The van der Waals surface area contributed by atoms with Gasteiger partial charge >= 0.3 is 0 Å². The summed E-state index contributed by atoms with van der Waals surface area (Å²) >= 11 is 0. The Labute approximate surface area is 753 Å². The first-order valence-electron chi connectivity index (χ1n) is 41.1. The number of aryl methyl sites for hydroxylation is 4. The second kappa shape index (κ2) is 37.9.